The number of hydrogen-bond acceptors (Lipinski definition) is 6. The molecule has 1 unspecified atom stereocenters. The van der Waals surface area contributed by atoms with Gasteiger partial charge in [0.15, 0.2) is 6.29 Å². The third-order valence-electron chi connectivity index (χ3n) is 6.32. The summed E-state index contributed by atoms with van der Waals surface area (Å²) in [5.41, 5.74) is 3.15. The van der Waals surface area contributed by atoms with Crippen molar-refractivity contribution in [3.63, 3.8) is 0 Å². The van der Waals surface area contributed by atoms with Gasteiger partial charge in [0.25, 0.3) is 5.91 Å². The van der Waals surface area contributed by atoms with Crippen LogP contribution in [0.5, 0.6) is 0 Å². The molecular weight excluding hydrogens is 406 g/mol. The molecule has 1 atom stereocenters. The van der Waals surface area contributed by atoms with Crippen LogP contribution < -0.4 is 10.6 Å². The molecule has 3 N–H and O–H groups in total. The lowest BCUT2D eigenvalue weighted by molar-refractivity contribution is 0.0696. The van der Waals surface area contributed by atoms with Crippen LogP contribution in [-0.2, 0) is 0 Å². The van der Waals surface area contributed by atoms with Crippen molar-refractivity contribution in [3.8, 4) is 0 Å². The van der Waals surface area contributed by atoms with Gasteiger partial charge in [-0.2, -0.15) is 0 Å². The van der Waals surface area contributed by atoms with Gasteiger partial charge in [0.2, 0.25) is 0 Å². The average Bonchev–Trinajstić information content (AvgIpc) is 3.30. The summed E-state index contributed by atoms with van der Waals surface area (Å²) in [5, 5.41) is 16.1. The molecule has 1 amide bonds. The number of anilines is 2. The van der Waals surface area contributed by atoms with E-state index in [0.29, 0.717) is 5.56 Å². The Morgan fingerprint density at radius 3 is 2.56 bits per heavy atom. The number of fused-ring (bicyclic) bond motifs is 1. The number of para-hydroxylation sites is 1. The van der Waals surface area contributed by atoms with Gasteiger partial charge in [0.05, 0.1) is 23.0 Å². The van der Waals surface area contributed by atoms with E-state index in [9.17, 15) is 9.59 Å². The molecule has 1 aliphatic carbocycles. The maximum Gasteiger partial charge on any atom is 0.335 e. The second-order valence-corrected chi connectivity index (χ2v) is 8.29. The van der Waals surface area contributed by atoms with E-state index >= 15 is 0 Å². The Hall–Kier alpha value is -3.81. The highest BCUT2D eigenvalue weighted by atomic mass is 16.4. The highest BCUT2D eigenvalue weighted by Crippen LogP contribution is 2.35. The van der Waals surface area contributed by atoms with Gasteiger partial charge in [-0.25, -0.2) is 9.79 Å². The van der Waals surface area contributed by atoms with Crippen molar-refractivity contribution in [1.29, 1.82) is 0 Å². The lowest BCUT2D eigenvalue weighted by atomic mass is 10.1. The van der Waals surface area contributed by atoms with Gasteiger partial charge >= 0.3 is 5.97 Å². The molecule has 2 aromatic carbocycles. The Morgan fingerprint density at radius 1 is 1.12 bits per heavy atom. The molecule has 32 heavy (non-hydrogen) atoms. The third-order valence-corrected chi connectivity index (χ3v) is 6.32. The van der Waals surface area contributed by atoms with Gasteiger partial charge in [0, 0.05) is 18.8 Å². The number of carboxylic acid groups (broad SMARTS) is 1. The van der Waals surface area contributed by atoms with Gasteiger partial charge < -0.3 is 25.5 Å². The van der Waals surface area contributed by atoms with Crippen LogP contribution in [0.15, 0.2) is 65.0 Å². The van der Waals surface area contributed by atoms with E-state index in [1.165, 1.54) is 0 Å². The third kappa shape index (κ3) is 3.47. The van der Waals surface area contributed by atoms with Gasteiger partial charge in [-0.3, -0.25) is 4.79 Å². The highest BCUT2D eigenvalue weighted by molar-refractivity contribution is 6.05. The summed E-state index contributed by atoms with van der Waals surface area (Å²) in [4.78, 5) is 32.9. The van der Waals surface area contributed by atoms with Crippen LogP contribution in [0.25, 0.3) is 0 Å². The first-order chi connectivity index (χ1) is 15.5. The lowest BCUT2D eigenvalue weighted by Gasteiger charge is -2.41. The minimum atomic E-state index is -0.955. The zero-order chi connectivity index (χ0) is 22.2. The first-order valence-corrected chi connectivity index (χ1v) is 10.8. The standard InChI is InChI=1S/C24H25N5O3/c1-28-20-14-25-24(26-16-12-10-15(11-13-16)23(31)32)29(17-6-2-3-7-17)21(20)27-19-9-5-4-8-18(19)22(28)30/h4-5,8-14,17,24,26-27H,2-3,6-7H2,1H3,(H,31,32). The van der Waals surface area contributed by atoms with E-state index in [1.807, 2.05) is 24.3 Å². The number of carboxylic acids is 1. The van der Waals surface area contributed by atoms with E-state index in [1.54, 1.807) is 42.4 Å². The maximum atomic E-state index is 13.1. The minimum Gasteiger partial charge on any atom is -0.478 e. The lowest BCUT2D eigenvalue weighted by Crippen LogP contribution is -2.50. The zero-order valence-electron chi connectivity index (χ0n) is 17.8. The number of benzene rings is 2. The predicted molar refractivity (Wildman–Crippen MR) is 123 cm³/mol. The Labute approximate surface area is 186 Å². The molecule has 8 heteroatoms. The van der Waals surface area contributed by atoms with Gasteiger partial charge in [-0.15, -0.1) is 0 Å². The molecule has 5 rings (SSSR count). The molecule has 164 valence electrons. The monoisotopic (exact) mass is 431 g/mol. The first-order valence-electron chi connectivity index (χ1n) is 10.8. The van der Waals surface area contributed by atoms with E-state index in [0.717, 1.165) is 48.6 Å². The second kappa shape index (κ2) is 8.03. The summed E-state index contributed by atoms with van der Waals surface area (Å²) in [6, 6.07) is 14.5. The van der Waals surface area contributed by atoms with Crippen LogP contribution in [0.3, 0.4) is 0 Å². The van der Waals surface area contributed by atoms with Gasteiger partial charge in [0.1, 0.15) is 11.5 Å². The smallest absolute Gasteiger partial charge is 0.335 e. The molecule has 0 bridgehead atoms. The molecule has 0 spiro atoms. The fraction of sp³-hybridized carbons (Fsp3) is 0.292. The minimum absolute atomic E-state index is 0.0772. The van der Waals surface area contributed by atoms with Crippen LogP contribution >= 0.6 is 0 Å². The normalized spacial score (nSPS) is 20.5. The van der Waals surface area contributed by atoms with E-state index in [-0.39, 0.29) is 23.8 Å². The van der Waals surface area contributed by atoms with Crippen molar-refractivity contribution in [2.75, 3.05) is 17.7 Å². The second-order valence-electron chi connectivity index (χ2n) is 8.29. The fourth-order valence-corrected chi connectivity index (χ4v) is 4.63. The van der Waals surface area contributed by atoms with Crippen LogP contribution in [0, 0.1) is 0 Å². The van der Waals surface area contributed by atoms with Crippen molar-refractivity contribution in [1.82, 2.24) is 9.80 Å². The molecule has 2 heterocycles. The van der Waals surface area contributed by atoms with Crippen molar-refractivity contribution in [2.24, 2.45) is 4.99 Å². The molecular formula is C24H25N5O3. The summed E-state index contributed by atoms with van der Waals surface area (Å²) in [7, 11) is 1.78. The Morgan fingerprint density at radius 2 is 1.84 bits per heavy atom. The van der Waals surface area contributed by atoms with Crippen LogP contribution in [-0.4, -0.2) is 52.4 Å². The number of hydrogen-bond donors (Lipinski definition) is 3. The summed E-state index contributed by atoms with van der Waals surface area (Å²) in [6.45, 7) is 0. The summed E-state index contributed by atoms with van der Waals surface area (Å²) >= 11 is 0. The highest BCUT2D eigenvalue weighted by Gasteiger charge is 2.37. The molecule has 1 fully saturated rings. The van der Waals surface area contributed by atoms with Crippen molar-refractivity contribution < 1.29 is 14.7 Å². The Bertz CT molecular complexity index is 1120. The van der Waals surface area contributed by atoms with Crippen LogP contribution in [0.4, 0.5) is 11.4 Å². The largest absolute Gasteiger partial charge is 0.478 e. The number of carbonyl (C=O) groups is 2. The SMILES string of the molecule is CN1C(=O)c2ccccc2NC2=C1C=NC(Nc1ccc(C(=O)O)cc1)N2C1CCCC1. The maximum absolute atomic E-state index is 13.1. The average molecular weight is 431 g/mol. The zero-order valence-corrected chi connectivity index (χ0v) is 17.8. The molecule has 3 aliphatic rings. The quantitative estimate of drug-likeness (QED) is 0.682. The summed E-state index contributed by atoms with van der Waals surface area (Å²) < 4.78 is 0. The van der Waals surface area contributed by atoms with Gasteiger partial charge in [-0.05, 0) is 49.2 Å². The van der Waals surface area contributed by atoms with E-state index < -0.39 is 5.97 Å². The topological polar surface area (TPSA) is 97.3 Å². The Balaban J connectivity index is 1.52. The fourth-order valence-electron chi connectivity index (χ4n) is 4.63. The number of nitrogens with one attached hydrogen (secondary N) is 2. The van der Waals surface area contributed by atoms with E-state index in [4.69, 9.17) is 10.1 Å². The Kier molecular flexibility index (Phi) is 5.05. The van der Waals surface area contributed by atoms with Crippen LogP contribution in [0.2, 0.25) is 0 Å². The van der Waals surface area contributed by atoms with Crippen molar-refractivity contribution in [2.45, 2.75) is 38.0 Å². The van der Waals surface area contributed by atoms with E-state index in [2.05, 4.69) is 15.5 Å². The molecule has 2 aliphatic heterocycles. The molecule has 0 radical (unpaired) electrons. The number of amides is 1. The predicted octanol–water partition coefficient (Wildman–Crippen LogP) is 3.78. The number of aliphatic imine (C=N–C) groups is 1. The van der Waals surface area contributed by atoms with Crippen LogP contribution in [0.1, 0.15) is 46.4 Å². The first kappa shape index (κ1) is 20.1. The van der Waals surface area contributed by atoms with Crippen molar-refractivity contribution in [3.05, 3.63) is 71.2 Å². The summed E-state index contributed by atoms with van der Waals surface area (Å²) in [5.74, 6) is -0.178. The molecule has 8 nitrogen and oxygen atoms in total. The molecule has 0 aromatic heterocycles. The van der Waals surface area contributed by atoms with Crippen molar-refractivity contribution >= 4 is 29.5 Å². The summed E-state index contributed by atoms with van der Waals surface area (Å²) in [6.07, 6.45) is 5.75. The molecule has 2 aromatic rings. The number of carbonyl (C=O) groups excluding carboxylic acids is 1. The molecule has 1 saturated carbocycles. The number of rotatable bonds is 4. The molecule has 0 saturated heterocycles. The number of allylic oxidation sites excluding steroid dienone is 1. The van der Waals surface area contributed by atoms with Gasteiger partial charge in [-0.1, -0.05) is 25.0 Å². The number of aromatic carboxylic acids is 1. The number of nitrogens with zero attached hydrogens (tertiary/aromatic N) is 3.